The van der Waals surface area contributed by atoms with Crippen molar-refractivity contribution >= 4 is 45.6 Å². The second-order valence-corrected chi connectivity index (χ2v) is 10.4. The molecule has 0 saturated carbocycles. The lowest BCUT2D eigenvalue weighted by atomic mass is 10.2. The van der Waals surface area contributed by atoms with Crippen molar-refractivity contribution in [1.82, 2.24) is 5.32 Å². The molecule has 1 amide bonds. The van der Waals surface area contributed by atoms with Crippen LogP contribution in [-0.4, -0.2) is 32.7 Å². The van der Waals surface area contributed by atoms with E-state index in [1.54, 1.807) is 48.5 Å². The van der Waals surface area contributed by atoms with Crippen LogP contribution in [0.15, 0.2) is 60.7 Å². The second kappa shape index (κ2) is 11.8. The number of carbonyl (C=O) groups is 3. The van der Waals surface area contributed by atoms with Crippen LogP contribution in [0, 0.1) is 0 Å². The average Bonchev–Trinajstić information content (AvgIpc) is 2.74. The van der Waals surface area contributed by atoms with Crippen LogP contribution in [-0.2, 0) is 32.0 Å². The van der Waals surface area contributed by atoms with E-state index in [1.807, 2.05) is 12.1 Å². The smallest absolute Gasteiger partial charge is 0.408 e. The number of ether oxygens (including phenoxy) is 2. The molecule has 2 rings (SSSR count). The van der Waals surface area contributed by atoms with Crippen molar-refractivity contribution in [2.45, 2.75) is 25.7 Å². The summed E-state index contributed by atoms with van der Waals surface area (Å²) in [6.07, 6.45) is -1.61. The van der Waals surface area contributed by atoms with E-state index in [4.69, 9.17) is 9.47 Å². The molecule has 0 saturated heterocycles. The molecule has 1 unspecified atom stereocenters. The number of esters is 1. The third-order valence-electron chi connectivity index (χ3n) is 4.01. The number of benzene rings is 2. The lowest BCUT2D eigenvalue weighted by Gasteiger charge is -2.18. The van der Waals surface area contributed by atoms with Gasteiger partial charge in [0.15, 0.2) is 0 Å². The van der Waals surface area contributed by atoms with Crippen molar-refractivity contribution < 1.29 is 33.3 Å². The molecule has 2 atom stereocenters. The Labute approximate surface area is 187 Å². The van der Waals surface area contributed by atoms with Crippen LogP contribution >= 0.6 is 30.0 Å². The molecule has 2 N–H and O–H groups in total. The summed E-state index contributed by atoms with van der Waals surface area (Å²) in [6.45, 7) is -0.0396. The third-order valence-corrected chi connectivity index (χ3v) is 7.68. The van der Waals surface area contributed by atoms with E-state index in [-0.39, 0.29) is 19.6 Å². The zero-order chi connectivity index (χ0) is 22.0. The summed E-state index contributed by atoms with van der Waals surface area (Å²) in [5, 5.41) is 2.35. The standard InChI is InChI=1S/C20H21INO7P/c21-19(24)30(26,27)12-11-17(18(23)28-13-15-7-3-1-4-8-15)22-20(25)29-14-16-9-5-2-6-10-16/h1-10,17H,11-14H2,(H,22,25)(H,26,27)/t17-/m0/s1. The van der Waals surface area contributed by atoms with Crippen LogP contribution in [0.2, 0.25) is 0 Å². The van der Waals surface area contributed by atoms with Crippen LogP contribution in [0.25, 0.3) is 0 Å². The van der Waals surface area contributed by atoms with E-state index in [9.17, 15) is 23.8 Å². The molecule has 0 aliphatic rings. The summed E-state index contributed by atoms with van der Waals surface area (Å²) < 4.78 is 21.3. The molecule has 0 aromatic heterocycles. The molecular formula is C20H21INO7P. The largest absolute Gasteiger partial charge is 0.459 e. The van der Waals surface area contributed by atoms with E-state index in [0.29, 0.717) is 0 Å². The summed E-state index contributed by atoms with van der Waals surface area (Å²) in [5.74, 6) is -0.795. The topological polar surface area (TPSA) is 119 Å². The van der Waals surface area contributed by atoms with E-state index in [1.165, 1.54) is 22.6 Å². The van der Waals surface area contributed by atoms with E-state index in [0.717, 1.165) is 11.1 Å². The van der Waals surface area contributed by atoms with Crippen LogP contribution in [0.4, 0.5) is 9.59 Å². The summed E-state index contributed by atoms with van der Waals surface area (Å²) >= 11 is 1.24. The van der Waals surface area contributed by atoms with Gasteiger partial charge in [-0.3, -0.25) is 9.36 Å². The SMILES string of the molecule is O=C(N[C@@H](CCP(=O)(O)C(=O)I)C(=O)OCc1ccccc1)OCc1ccccc1. The zero-order valence-electron chi connectivity index (χ0n) is 15.9. The highest BCUT2D eigenvalue weighted by molar-refractivity contribution is 14.1. The van der Waals surface area contributed by atoms with Gasteiger partial charge in [-0.15, -0.1) is 0 Å². The number of nitrogens with one attached hydrogen (secondary N) is 1. The van der Waals surface area contributed by atoms with Crippen molar-refractivity contribution in [3.05, 3.63) is 71.8 Å². The fourth-order valence-electron chi connectivity index (χ4n) is 2.38. The molecular weight excluding hydrogens is 524 g/mol. The van der Waals surface area contributed by atoms with Crippen LogP contribution < -0.4 is 5.32 Å². The highest BCUT2D eigenvalue weighted by Crippen LogP contribution is 2.45. The van der Waals surface area contributed by atoms with Crippen molar-refractivity contribution in [2.75, 3.05) is 6.16 Å². The third kappa shape index (κ3) is 8.25. The maximum atomic E-state index is 12.5. The first kappa shape index (κ1) is 24.0. The molecule has 0 bridgehead atoms. The highest BCUT2D eigenvalue weighted by atomic mass is 127. The van der Waals surface area contributed by atoms with Crippen LogP contribution in [0.3, 0.4) is 0 Å². The van der Waals surface area contributed by atoms with E-state index in [2.05, 4.69) is 5.32 Å². The first-order valence-electron chi connectivity index (χ1n) is 8.97. The number of hydrogen-bond acceptors (Lipinski definition) is 6. The Morgan fingerprint density at radius 3 is 1.93 bits per heavy atom. The Morgan fingerprint density at radius 2 is 1.43 bits per heavy atom. The maximum absolute atomic E-state index is 12.5. The highest BCUT2D eigenvalue weighted by Gasteiger charge is 2.31. The number of rotatable bonds is 10. The lowest BCUT2D eigenvalue weighted by molar-refractivity contribution is -0.147. The van der Waals surface area contributed by atoms with Gasteiger partial charge in [0.2, 0.25) is 0 Å². The van der Waals surface area contributed by atoms with Crippen molar-refractivity contribution in [3.63, 3.8) is 0 Å². The minimum absolute atomic E-state index is 0.0107. The molecule has 2 aromatic carbocycles. The summed E-state index contributed by atoms with van der Waals surface area (Å²) in [4.78, 5) is 45.6. The number of alkyl carbamates (subject to hydrolysis) is 1. The molecule has 0 aliphatic heterocycles. The van der Waals surface area contributed by atoms with Gasteiger partial charge in [-0.2, -0.15) is 0 Å². The quantitative estimate of drug-likeness (QED) is 0.199. The number of hydrogen-bond donors (Lipinski definition) is 2. The van der Waals surface area contributed by atoms with Gasteiger partial charge in [0, 0.05) is 28.8 Å². The Kier molecular flexibility index (Phi) is 9.48. The van der Waals surface area contributed by atoms with Crippen molar-refractivity contribution in [2.24, 2.45) is 0 Å². The predicted molar refractivity (Wildman–Crippen MR) is 119 cm³/mol. The van der Waals surface area contributed by atoms with Gasteiger partial charge < -0.3 is 19.7 Å². The molecule has 8 nitrogen and oxygen atoms in total. The molecule has 0 aliphatic carbocycles. The Balaban J connectivity index is 1.98. The molecule has 0 heterocycles. The van der Waals surface area contributed by atoms with Gasteiger partial charge in [0.1, 0.15) is 19.3 Å². The second-order valence-electron chi connectivity index (χ2n) is 6.32. The Bertz CT molecular complexity index is 908. The van der Waals surface area contributed by atoms with Crippen LogP contribution in [0.1, 0.15) is 17.5 Å². The van der Waals surface area contributed by atoms with Gasteiger partial charge >= 0.3 is 12.1 Å². The fraction of sp³-hybridized carbons (Fsp3) is 0.250. The van der Waals surface area contributed by atoms with Gasteiger partial charge in [-0.1, -0.05) is 60.7 Å². The van der Waals surface area contributed by atoms with Gasteiger partial charge in [0.05, 0.1) is 0 Å². The first-order valence-corrected chi connectivity index (χ1v) is 11.9. The monoisotopic (exact) mass is 545 g/mol. The molecule has 30 heavy (non-hydrogen) atoms. The Morgan fingerprint density at radius 1 is 0.933 bits per heavy atom. The van der Waals surface area contributed by atoms with Gasteiger partial charge in [-0.05, 0) is 17.5 Å². The van der Waals surface area contributed by atoms with Crippen molar-refractivity contribution in [3.8, 4) is 0 Å². The first-order chi connectivity index (χ1) is 14.3. The van der Waals surface area contributed by atoms with E-state index < -0.39 is 35.2 Å². The minimum Gasteiger partial charge on any atom is -0.459 e. The van der Waals surface area contributed by atoms with Crippen molar-refractivity contribution in [1.29, 1.82) is 0 Å². The molecule has 0 fully saturated rings. The van der Waals surface area contributed by atoms with Gasteiger partial charge in [-0.25, -0.2) is 9.59 Å². The summed E-state index contributed by atoms with van der Waals surface area (Å²) in [6, 6.07) is 16.6. The maximum Gasteiger partial charge on any atom is 0.408 e. The average molecular weight is 545 g/mol. The normalized spacial score (nSPS) is 13.5. The predicted octanol–water partition coefficient (Wildman–Crippen LogP) is 4.24. The fourth-order valence-corrected chi connectivity index (χ4v) is 3.88. The van der Waals surface area contributed by atoms with Gasteiger partial charge in [0.25, 0.3) is 10.9 Å². The van der Waals surface area contributed by atoms with Crippen LogP contribution in [0.5, 0.6) is 0 Å². The number of halogens is 1. The molecule has 0 spiro atoms. The lowest BCUT2D eigenvalue weighted by Crippen LogP contribution is -2.42. The Hall–Kier alpha value is -2.23. The zero-order valence-corrected chi connectivity index (χ0v) is 19.0. The molecule has 10 heteroatoms. The minimum atomic E-state index is -4.09. The number of amides is 1. The summed E-state index contributed by atoms with van der Waals surface area (Å²) in [7, 11) is -4.09. The van der Waals surface area contributed by atoms with E-state index >= 15 is 0 Å². The summed E-state index contributed by atoms with van der Waals surface area (Å²) in [5.41, 5.74) is 1.50. The molecule has 2 aromatic rings. The molecule has 160 valence electrons. The molecule has 0 radical (unpaired) electrons. The number of carbonyl (C=O) groups excluding carboxylic acids is 3.